The second-order valence-electron chi connectivity index (χ2n) is 9.03. The maximum Gasteiger partial charge on any atom is 0.157 e. The monoisotopic (exact) mass is 428 g/mol. The van der Waals surface area contributed by atoms with Crippen LogP contribution in [-0.4, -0.2) is 61.4 Å². The van der Waals surface area contributed by atoms with Crippen LogP contribution in [0.15, 0.2) is 48.5 Å². The van der Waals surface area contributed by atoms with Crippen LogP contribution in [0, 0.1) is 5.82 Å². The zero-order chi connectivity index (χ0) is 20.8. The highest BCUT2D eigenvalue weighted by atomic mass is 32.2. The average molecular weight is 429 g/mol. The first-order valence-electron chi connectivity index (χ1n) is 11.0. The highest BCUT2D eigenvalue weighted by Crippen LogP contribution is 2.40. The molecule has 0 aromatic heterocycles. The van der Waals surface area contributed by atoms with Gasteiger partial charge in [-0.1, -0.05) is 36.4 Å². The van der Waals surface area contributed by atoms with Gasteiger partial charge in [0.25, 0.3) is 0 Å². The first-order chi connectivity index (χ1) is 14.5. The molecule has 4 aliphatic rings. The largest absolute Gasteiger partial charge is 0.303 e. The van der Waals surface area contributed by atoms with Gasteiger partial charge in [0.15, 0.2) is 9.84 Å². The lowest BCUT2D eigenvalue weighted by molar-refractivity contribution is 0.125. The van der Waals surface area contributed by atoms with Crippen molar-refractivity contribution in [2.45, 2.75) is 36.5 Å². The molecule has 4 heterocycles. The Morgan fingerprint density at radius 2 is 1.60 bits per heavy atom. The van der Waals surface area contributed by atoms with E-state index in [-0.39, 0.29) is 17.6 Å². The second kappa shape index (κ2) is 7.74. The van der Waals surface area contributed by atoms with Crippen LogP contribution < -0.4 is 0 Å². The third-order valence-corrected chi connectivity index (χ3v) is 10.2. The molecular weight excluding hydrogens is 399 g/mol. The number of sulfone groups is 1. The van der Waals surface area contributed by atoms with Crippen molar-refractivity contribution in [1.29, 1.82) is 0 Å². The van der Waals surface area contributed by atoms with Crippen molar-refractivity contribution in [1.82, 2.24) is 9.80 Å². The standard InChI is InChI=1S/C24H29FN2O2S/c25-21-7-5-20(6-8-21)23-22-4-2-1-3-19(22)9-13-27(23)17-18-30(28,29)24-10-14-26(15-11-24)16-12-24/h1-8,23H,9-18H2/t23-/m0/s1. The second-order valence-corrected chi connectivity index (χ2v) is 11.5. The van der Waals surface area contributed by atoms with Gasteiger partial charge in [-0.25, -0.2) is 12.8 Å². The van der Waals surface area contributed by atoms with Crippen LogP contribution in [-0.2, 0) is 16.3 Å². The fourth-order valence-corrected chi connectivity index (χ4v) is 7.73. The summed E-state index contributed by atoms with van der Waals surface area (Å²) in [5.41, 5.74) is 3.52. The Labute approximate surface area is 178 Å². The molecule has 4 nitrogen and oxygen atoms in total. The Balaban J connectivity index is 1.41. The molecule has 0 amide bonds. The van der Waals surface area contributed by atoms with Crippen molar-refractivity contribution < 1.29 is 12.8 Å². The van der Waals surface area contributed by atoms with Gasteiger partial charge in [0.05, 0.1) is 16.5 Å². The molecule has 0 radical (unpaired) electrons. The van der Waals surface area contributed by atoms with Gasteiger partial charge in [-0.2, -0.15) is 0 Å². The minimum atomic E-state index is -3.17. The lowest BCUT2D eigenvalue weighted by Crippen LogP contribution is -2.57. The summed E-state index contributed by atoms with van der Waals surface area (Å²) < 4.78 is 39.9. The summed E-state index contributed by atoms with van der Waals surface area (Å²) in [5.74, 6) is -0.0490. The van der Waals surface area contributed by atoms with Crippen LogP contribution in [0.1, 0.15) is 42.0 Å². The van der Waals surface area contributed by atoms with Gasteiger partial charge in [-0.3, -0.25) is 4.90 Å². The predicted molar refractivity (Wildman–Crippen MR) is 117 cm³/mol. The molecule has 0 N–H and O–H groups in total. The lowest BCUT2D eigenvalue weighted by atomic mass is 9.87. The first-order valence-corrected chi connectivity index (χ1v) is 12.6. The Hall–Kier alpha value is -1.76. The first kappa shape index (κ1) is 20.2. The summed E-state index contributed by atoms with van der Waals surface area (Å²) in [6.45, 7) is 4.07. The number of benzene rings is 2. The molecule has 2 aromatic carbocycles. The molecule has 1 atom stereocenters. The van der Waals surface area contributed by atoms with Crippen LogP contribution in [0.5, 0.6) is 0 Å². The summed E-state index contributed by atoms with van der Waals surface area (Å²) in [6.07, 6.45) is 3.24. The molecule has 0 aliphatic carbocycles. The van der Waals surface area contributed by atoms with E-state index in [2.05, 4.69) is 28.0 Å². The zero-order valence-corrected chi connectivity index (χ0v) is 18.1. The van der Waals surface area contributed by atoms with Crippen molar-refractivity contribution in [3.63, 3.8) is 0 Å². The Kier molecular flexibility index (Phi) is 5.20. The molecule has 2 bridgehead atoms. The van der Waals surface area contributed by atoms with Gasteiger partial charge in [-0.15, -0.1) is 0 Å². The van der Waals surface area contributed by atoms with Gasteiger partial charge < -0.3 is 4.90 Å². The SMILES string of the molecule is O=S(=O)(CCN1CCc2ccccc2[C@@H]1c1ccc(F)cc1)C12CCN(CC1)CC2. The van der Waals surface area contributed by atoms with E-state index in [0.29, 0.717) is 6.54 Å². The highest BCUT2D eigenvalue weighted by molar-refractivity contribution is 7.92. The fourth-order valence-electron chi connectivity index (χ4n) is 5.61. The molecule has 3 fully saturated rings. The van der Waals surface area contributed by atoms with Crippen molar-refractivity contribution in [2.75, 3.05) is 38.5 Å². The normalized spacial score (nSPS) is 29.0. The number of nitrogens with zero attached hydrogens (tertiary/aromatic N) is 2. The van der Waals surface area contributed by atoms with Crippen molar-refractivity contribution in [3.8, 4) is 0 Å². The van der Waals surface area contributed by atoms with Gasteiger partial charge in [0, 0.05) is 13.1 Å². The number of hydrogen-bond donors (Lipinski definition) is 0. The van der Waals surface area contributed by atoms with E-state index in [1.54, 1.807) is 0 Å². The Morgan fingerprint density at radius 3 is 2.30 bits per heavy atom. The third-order valence-electron chi connectivity index (χ3n) is 7.53. The van der Waals surface area contributed by atoms with Crippen LogP contribution in [0.3, 0.4) is 0 Å². The quantitative estimate of drug-likeness (QED) is 0.732. The highest BCUT2D eigenvalue weighted by Gasteiger charge is 2.49. The summed E-state index contributed by atoms with van der Waals surface area (Å²) in [4.78, 5) is 4.66. The number of halogens is 1. The smallest absolute Gasteiger partial charge is 0.157 e. The summed E-state index contributed by atoms with van der Waals surface area (Å²) in [7, 11) is -3.17. The van der Waals surface area contributed by atoms with E-state index in [4.69, 9.17) is 0 Å². The number of rotatable bonds is 5. The lowest BCUT2D eigenvalue weighted by Gasteiger charge is -2.48. The molecule has 0 unspecified atom stereocenters. The Morgan fingerprint density at radius 1 is 0.933 bits per heavy atom. The third kappa shape index (κ3) is 3.49. The molecule has 4 aliphatic heterocycles. The van der Waals surface area contributed by atoms with Gasteiger partial charge in [-0.05, 0) is 74.1 Å². The molecular formula is C24H29FN2O2S. The summed E-state index contributed by atoms with van der Waals surface area (Å²) in [6, 6.07) is 15.0. The molecule has 2 aromatic rings. The maximum atomic E-state index is 13.5. The molecule has 0 spiro atoms. The predicted octanol–water partition coefficient (Wildman–Crippen LogP) is 3.43. The topological polar surface area (TPSA) is 40.6 Å². The van der Waals surface area contributed by atoms with Gasteiger partial charge in [0.2, 0.25) is 0 Å². The van der Waals surface area contributed by atoms with E-state index in [9.17, 15) is 12.8 Å². The number of hydrogen-bond acceptors (Lipinski definition) is 4. The van der Waals surface area contributed by atoms with Crippen LogP contribution in [0.25, 0.3) is 0 Å². The van der Waals surface area contributed by atoms with E-state index >= 15 is 0 Å². The Bertz CT molecular complexity index is 1000. The van der Waals surface area contributed by atoms with E-state index < -0.39 is 14.6 Å². The van der Waals surface area contributed by atoms with Crippen LogP contribution in [0.4, 0.5) is 4.39 Å². The van der Waals surface area contributed by atoms with Crippen molar-refractivity contribution >= 4 is 9.84 Å². The average Bonchev–Trinajstić information content (AvgIpc) is 2.79. The van der Waals surface area contributed by atoms with Gasteiger partial charge >= 0.3 is 0 Å². The fraction of sp³-hybridized carbons (Fsp3) is 0.500. The van der Waals surface area contributed by atoms with Crippen LogP contribution in [0.2, 0.25) is 0 Å². The van der Waals surface area contributed by atoms with Crippen molar-refractivity contribution in [2.24, 2.45) is 0 Å². The number of fused-ring (bicyclic) bond motifs is 4. The van der Waals surface area contributed by atoms with Crippen LogP contribution >= 0.6 is 0 Å². The van der Waals surface area contributed by atoms with E-state index in [1.165, 1.54) is 23.3 Å². The molecule has 30 heavy (non-hydrogen) atoms. The van der Waals surface area contributed by atoms with Crippen molar-refractivity contribution in [3.05, 3.63) is 71.0 Å². The van der Waals surface area contributed by atoms with Gasteiger partial charge in [0.1, 0.15) is 5.82 Å². The summed E-state index contributed by atoms with van der Waals surface area (Å²) >= 11 is 0. The maximum absolute atomic E-state index is 13.5. The molecule has 3 saturated heterocycles. The molecule has 6 rings (SSSR count). The molecule has 6 heteroatoms. The minimum absolute atomic E-state index is 0.0311. The molecule has 160 valence electrons. The van der Waals surface area contributed by atoms with E-state index in [1.807, 2.05) is 18.2 Å². The number of piperidine rings is 3. The molecule has 0 saturated carbocycles. The minimum Gasteiger partial charge on any atom is -0.303 e. The summed E-state index contributed by atoms with van der Waals surface area (Å²) in [5, 5.41) is 0. The van der Waals surface area contributed by atoms with E-state index in [0.717, 1.165) is 57.4 Å². The zero-order valence-electron chi connectivity index (χ0n) is 17.3.